The smallest absolute Gasteiger partial charge is 0.370 e. The number of alkyl halides is 3. The van der Waals surface area contributed by atoms with Crippen molar-refractivity contribution in [2.24, 2.45) is 7.05 Å². The van der Waals surface area contributed by atoms with E-state index in [-0.39, 0.29) is 33.8 Å². The van der Waals surface area contributed by atoms with Crippen molar-refractivity contribution >= 4 is 16.7 Å². The van der Waals surface area contributed by atoms with Gasteiger partial charge < -0.3 is 9.64 Å². The SMILES string of the molecule is Cc1nc2c(-c3ccc(C(F)(F)F)cc3F)nc(N3CCOC(c4cnn(C5CC5)c4)C3)cc2c(=O)n1C. The molecule has 6 rings (SSSR count). The third-order valence-electron chi connectivity index (χ3n) is 7.13. The maximum absolute atomic E-state index is 15.1. The van der Waals surface area contributed by atoms with Crippen LogP contribution in [-0.2, 0) is 18.0 Å². The first kappa shape index (κ1) is 24.5. The van der Waals surface area contributed by atoms with Crippen molar-refractivity contribution in [3.63, 3.8) is 0 Å². The Hall–Kier alpha value is -3.80. The fourth-order valence-corrected chi connectivity index (χ4v) is 4.72. The molecular weight excluding hydrogens is 504 g/mol. The van der Waals surface area contributed by atoms with Crippen molar-refractivity contribution in [2.75, 3.05) is 24.6 Å². The summed E-state index contributed by atoms with van der Waals surface area (Å²) in [6, 6.07) is 4.30. The first-order valence-electron chi connectivity index (χ1n) is 12.3. The molecule has 12 heteroatoms. The van der Waals surface area contributed by atoms with Crippen LogP contribution >= 0.6 is 0 Å². The number of anilines is 1. The van der Waals surface area contributed by atoms with Gasteiger partial charge >= 0.3 is 6.18 Å². The first-order valence-corrected chi connectivity index (χ1v) is 12.3. The molecule has 38 heavy (non-hydrogen) atoms. The minimum Gasteiger partial charge on any atom is -0.370 e. The highest BCUT2D eigenvalue weighted by Crippen LogP contribution is 2.37. The number of pyridine rings is 1. The van der Waals surface area contributed by atoms with E-state index in [4.69, 9.17) is 4.74 Å². The molecule has 0 radical (unpaired) electrons. The third kappa shape index (κ3) is 4.32. The van der Waals surface area contributed by atoms with Gasteiger partial charge in [-0.3, -0.25) is 14.0 Å². The van der Waals surface area contributed by atoms with Gasteiger partial charge in [-0.25, -0.2) is 14.4 Å². The van der Waals surface area contributed by atoms with Crippen LogP contribution in [0.2, 0.25) is 0 Å². The normalized spacial score (nSPS) is 18.4. The molecular formula is C26H24F4N6O2. The van der Waals surface area contributed by atoms with Crippen LogP contribution in [0.25, 0.3) is 22.2 Å². The van der Waals surface area contributed by atoms with E-state index >= 15 is 4.39 Å². The van der Waals surface area contributed by atoms with E-state index in [1.165, 1.54) is 4.57 Å². The van der Waals surface area contributed by atoms with Gasteiger partial charge in [0.2, 0.25) is 0 Å². The molecule has 0 spiro atoms. The molecule has 1 saturated carbocycles. The summed E-state index contributed by atoms with van der Waals surface area (Å²) < 4.78 is 63.9. The van der Waals surface area contributed by atoms with Crippen LogP contribution in [-0.4, -0.2) is 44.0 Å². The molecule has 0 amide bonds. The van der Waals surface area contributed by atoms with Crippen molar-refractivity contribution in [1.82, 2.24) is 24.3 Å². The molecule has 2 fully saturated rings. The zero-order valence-electron chi connectivity index (χ0n) is 20.7. The predicted molar refractivity (Wildman–Crippen MR) is 131 cm³/mol. The Bertz CT molecular complexity index is 1610. The minimum absolute atomic E-state index is 0.00844. The summed E-state index contributed by atoms with van der Waals surface area (Å²) in [5.74, 6) is -0.347. The van der Waals surface area contributed by atoms with Gasteiger partial charge in [0.25, 0.3) is 5.56 Å². The van der Waals surface area contributed by atoms with Gasteiger partial charge in [-0.05, 0) is 44.0 Å². The van der Waals surface area contributed by atoms with Crippen LogP contribution < -0.4 is 10.5 Å². The van der Waals surface area contributed by atoms with Crippen LogP contribution in [0.15, 0.2) is 41.5 Å². The van der Waals surface area contributed by atoms with Gasteiger partial charge in [0.15, 0.2) is 0 Å². The Morgan fingerprint density at radius 2 is 1.92 bits per heavy atom. The van der Waals surface area contributed by atoms with Crippen molar-refractivity contribution in [1.29, 1.82) is 0 Å². The number of hydrogen-bond acceptors (Lipinski definition) is 6. The largest absolute Gasteiger partial charge is 0.416 e. The lowest BCUT2D eigenvalue weighted by molar-refractivity contribution is -0.137. The van der Waals surface area contributed by atoms with Gasteiger partial charge in [-0.2, -0.15) is 18.3 Å². The quantitative estimate of drug-likeness (QED) is 0.361. The number of hydrogen-bond donors (Lipinski definition) is 0. The van der Waals surface area contributed by atoms with Crippen molar-refractivity contribution in [3.05, 3.63) is 69.8 Å². The zero-order valence-corrected chi connectivity index (χ0v) is 20.7. The highest BCUT2D eigenvalue weighted by Gasteiger charge is 2.32. The van der Waals surface area contributed by atoms with E-state index in [1.807, 2.05) is 15.8 Å². The lowest BCUT2D eigenvalue weighted by Crippen LogP contribution is -2.39. The molecule has 1 saturated heterocycles. The summed E-state index contributed by atoms with van der Waals surface area (Å²) in [7, 11) is 1.57. The fourth-order valence-electron chi connectivity index (χ4n) is 4.72. The Kier molecular flexibility index (Phi) is 5.74. The average molecular weight is 529 g/mol. The second kappa shape index (κ2) is 8.90. The van der Waals surface area contributed by atoms with Gasteiger partial charge in [0.1, 0.15) is 34.8 Å². The minimum atomic E-state index is -4.70. The Morgan fingerprint density at radius 1 is 1.13 bits per heavy atom. The second-order valence-electron chi connectivity index (χ2n) is 9.73. The van der Waals surface area contributed by atoms with Gasteiger partial charge in [-0.1, -0.05) is 0 Å². The number of aromatic nitrogens is 5. The second-order valence-corrected chi connectivity index (χ2v) is 9.73. The summed E-state index contributed by atoms with van der Waals surface area (Å²) in [6.07, 6.45) is 0.977. The Morgan fingerprint density at radius 3 is 2.63 bits per heavy atom. The van der Waals surface area contributed by atoms with E-state index < -0.39 is 17.6 Å². The van der Waals surface area contributed by atoms with E-state index in [2.05, 4.69) is 15.1 Å². The monoisotopic (exact) mass is 528 g/mol. The van der Waals surface area contributed by atoms with Crippen molar-refractivity contribution in [3.8, 4) is 11.3 Å². The third-order valence-corrected chi connectivity index (χ3v) is 7.13. The summed E-state index contributed by atoms with van der Waals surface area (Å²) in [6.45, 7) is 2.87. The maximum atomic E-state index is 15.1. The van der Waals surface area contributed by atoms with Crippen LogP contribution in [0.4, 0.5) is 23.4 Å². The molecule has 1 atom stereocenters. The number of nitrogens with zero attached hydrogens (tertiary/aromatic N) is 6. The number of morpholine rings is 1. The molecule has 2 aliphatic rings. The molecule has 1 aromatic carbocycles. The zero-order chi connectivity index (χ0) is 26.8. The average Bonchev–Trinajstić information content (AvgIpc) is 3.63. The van der Waals surface area contributed by atoms with Crippen molar-refractivity contribution < 1.29 is 22.3 Å². The number of rotatable bonds is 4. The molecule has 1 unspecified atom stereocenters. The molecule has 0 bridgehead atoms. The highest BCUT2D eigenvalue weighted by atomic mass is 19.4. The first-order chi connectivity index (χ1) is 18.1. The fraction of sp³-hybridized carbons (Fsp3) is 0.385. The standard InChI is InChI=1S/C26H24F4N6O2/c1-14-32-24-19(25(37)34(14)2)10-22(33-23(24)18-6-3-16(9-20(18)27)26(28,29)30)35-7-8-38-21(13-35)15-11-31-36(12-15)17-4-5-17/h3,6,9-12,17,21H,4-5,7-8,13H2,1-2H3. The summed E-state index contributed by atoms with van der Waals surface area (Å²) in [5.41, 5.74) is -0.579. The molecule has 1 aliphatic carbocycles. The molecule has 198 valence electrons. The number of fused-ring (bicyclic) bond motifs is 1. The van der Waals surface area contributed by atoms with E-state index in [9.17, 15) is 18.0 Å². The summed E-state index contributed by atoms with van der Waals surface area (Å²) >= 11 is 0. The van der Waals surface area contributed by atoms with Crippen LogP contribution in [0, 0.1) is 12.7 Å². The van der Waals surface area contributed by atoms with Crippen LogP contribution in [0.1, 0.15) is 41.9 Å². The highest BCUT2D eigenvalue weighted by molar-refractivity contribution is 5.93. The molecule has 4 heterocycles. The lowest BCUT2D eigenvalue weighted by Gasteiger charge is -2.33. The maximum Gasteiger partial charge on any atom is 0.416 e. The molecule has 8 nitrogen and oxygen atoms in total. The van der Waals surface area contributed by atoms with Crippen LogP contribution in [0.3, 0.4) is 0 Å². The van der Waals surface area contributed by atoms with Gasteiger partial charge in [-0.15, -0.1) is 0 Å². The van der Waals surface area contributed by atoms with E-state index in [1.54, 1.807) is 26.2 Å². The molecule has 0 N–H and O–H groups in total. The summed E-state index contributed by atoms with van der Waals surface area (Å²) in [5, 5.41) is 4.63. The predicted octanol–water partition coefficient (Wildman–Crippen LogP) is 4.57. The number of ether oxygens (including phenoxy) is 1. The van der Waals surface area contributed by atoms with E-state index in [0.29, 0.717) is 43.4 Å². The molecule has 1 aliphatic heterocycles. The topological polar surface area (TPSA) is 78.1 Å². The number of halogens is 4. The lowest BCUT2D eigenvalue weighted by atomic mass is 10.0. The van der Waals surface area contributed by atoms with E-state index in [0.717, 1.165) is 30.5 Å². The molecule has 4 aromatic rings. The summed E-state index contributed by atoms with van der Waals surface area (Å²) in [4.78, 5) is 24.2. The van der Waals surface area contributed by atoms with Crippen molar-refractivity contribution in [2.45, 2.75) is 38.1 Å². The molecule has 3 aromatic heterocycles. The number of benzene rings is 1. The number of aryl methyl sites for hydroxylation is 1. The van der Waals surface area contributed by atoms with Crippen LogP contribution in [0.5, 0.6) is 0 Å². The Labute approximate surface area is 214 Å². The Balaban J connectivity index is 1.45. The van der Waals surface area contributed by atoms with Gasteiger partial charge in [0, 0.05) is 37.5 Å². The van der Waals surface area contributed by atoms with Gasteiger partial charge in [0.05, 0.1) is 29.8 Å².